The van der Waals surface area contributed by atoms with Crippen LogP contribution in [0.2, 0.25) is 0 Å². The fourth-order valence-corrected chi connectivity index (χ4v) is 3.36. The largest absolute Gasteiger partial charge is 0.340 e. The Kier molecular flexibility index (Phi) is 3.47. The van der Waals surface area contributed by atoms with Gasteiger partial charge in [-0.15, -0.1) is 0 Å². The lowest BCUT2D eigenvalue weighted by molar-refractivity contribution is -0.135. The average Bonchev–Trinajstić information content (AvgIpc) is 2.50. The van der Waals surface area contributed by atoms with Crippen molar-refractivity contribution in [2.75, 3.05) is 11.4 Å². The van der Waals surface area contributed by atoms with E-state index in [2.05, 4.69) is 11.4 Å². The normalized spacial score (nSPS) is 25.5. The molecule has 0 spiro atoms. The van der Waals surface area contributed by atoms with Crippen LogP contribution >= 0.6 is 0 Å². The maximum atomic E-state index is 12.8. The van der Waals surface area contributed by atoms with Gasteiger partial charge in [0, 0.05) is 5.69 Å². The third kappa shape index (κ3) is 2.33. The van der Waals surface area contributed by atoms with Gasteiger partial charge < -0.3 is 10.2 Å². The predicted octanol–water partition coefficient (Wildman–Crippen LogP) is 2.20. The van der Waals surface area contributed by atoms with Crippen molar-refractivity contribution < 1.29 is 9.59 Å². The minimum absolute atomic E-state index is 0.00331. The van der Waals surface area contributed by atoms with E-state index in [1.165, 1.54) is 17.5 Å². The summed E-state index contributed by atoms with van der Waals surface area (Å²) in [7, 11) is 0. The second-order valence-electron chi connectivity index (χ2n) is 6.25. The van der Waals surface area contributed by atoms with Gasteiger partial charge in [0.1, 0.15) is 12.1 Å². The fourth-order valence-electron chi connectivity index (χ4n) is 3.36. The lowest BCUT2D eigenvalue weighted by Crippen LogP contribution is -2.65. The Bertz CT molecular complexity index is 596. The van der Waals surface area contributed by atoms with Crippen molar-refractivity contribution in [3.63, 3.8) is 0 Å². The first-order valence-corrected chi connectivity index (χ1v) is 7.79. The summed E-state index contributed by atoms with van der Waals surface area (Å²) >= 11 is 0. The van der Waals surface area contributed by atoms with Gasteiger partial charge in [0.05, 0.1) is 0 Å². The van der Waals surface area contributed by atoms with E-state index in [1.54, 1.807) is 4.90 Å². The van der Waals surface area contributed by atoms with Crippen LogP contribution in [0, 0.1) is 0 Å². The molecule has 1 aromatic carbocycles. The molecule has 4 nitrogen and oxygen atoms in total. The number of benzene rings is 1. The van der Waals surface area contributed by atoms with Crippen LogP contribution in [0.5, 0.6) is 0 Å². The number of hydrogen-bond donors (Lipinski definition) is 1. The molecule has 1 aliphatic heterocycles. The smallest absolute Gasteiger partial charge is 0.252 e. The van der Waals surface area contributed by atoms with Gasteiger partial charge in [0.2, 0.25) is 5.91 Å². The van der Waals surface area contributed by atoms with E-state index in [-0.39, 0.29) is 18.4 Å². The van der Waals surface area contributed by atoms with E-state index < -0.39 is 5.54 Å². The number of fused-ring (bicyclic) bond motifs is 1. The monoisotopic (exact) mass is 286 g/mol. The third-order valence-corrected chi connectivity index (χ3v) is 4.80. The Morgan fingerprint density at radius 1 is 1.24 bits per heavy atom. The summed E-state index contributed by atoms with van der Waals surface area (Å²) in [5, 5.41) is 2.84. The number of nitrogens with zero attached hydrogens (tertiary/aromatic N) is 1. The quantitative estimate of drug-likeness (QED) is 0.906. The first-order chi connectivity index (χ1) is 10.0. The number of aryl methyl sites for hydroxylation is 1. The Hall–Kier alpha value is -1.84. The number of rotatable bonds is 2. The molecule has 1 fully saturated rings. The number of carbonyl (C=O) groups is 2. The number of anilines is 1. The summed E-state index contributed by atoms with van der Waals surface area (Å²) < 4.78 is 0. The molecule has 1 heterocycles. The van der Waals surface area contributed by atoms with Crippen molar-refractivity contribution in [2.45, 2.75) is 51.5 Å². The van der Waals surface area contributed by atoms with Gasteiger partial charge in [-0.2, -0.15) is 0 Å². The molecule has 2 aliphatic rings. The van der Waals surface area contributed by atoms with Gasteiger partial charge in [-0.05, 0) is 56.2 Å². The van der Waals surface area contributed by atoms with Gasteiger partial charge in [0.15, 0.2) is 0 Å². The molecule has 0 radical (unpaired) electrons. The number of piperazine rings is 1. The van der Waals surface area contributed by atoms with Crippen molar-refractivity contribution in [3.8, 4) is 0 Å². The highest BCUT2D eigenvalue weighted by molar-refractivity contribution is 6.09. The van der Waals surface area contributed by atoms with E-state index in [4.69, 9.17) is 0 Å². The molecular weight excluding hydrogens is 264 g/mol. The first-order valence-electron chi connectivity index (χ1n) is 7.79. The van der Waals surface area contributed by atoms with Gasteiger partial charge in [0.25, 0.3) is 5.91 Å². The SMILES string of the molecule is CCC1(C)NC(=O)CN(c2cccc3c2CCCC3)C1=O. The Labute approximate surface area is 125 Å². The lowest BCUT2D eigenvalue weighted by Gasteiger charge is -2.40. The van der Waals surface area contributed by atoms with Crippen LogP contribution in [0.25, 0.3) is 0 Å². The molecule has 1 atom stereocenters. The van der Waals surface area contributed by atoms with Gasteiger partial charge in [-0.25, -0.2) is 0 Å². The molecule has 0 bridgehead atoms. The summed E-state index contributed by atoms with van der Waals surface area (Å²) in [5.74, 6) is -0.0732. The highest BCUT2D eigenvalue weighted by Crippen LogP contribution is 2.33. The number of carbonyl (C=O) groups excluding carboxylic acids is 2. The van der Waals surface area contributed by atoms with Gasteiger partial charge in [-0.1, -0.05) is 19.1 Å². The van der Waals surface area contributed by atoms with E-state index in [0.29, 0.717) is 6.42 Å². The summed E-state index contributed by atoms with van der Waals surface area (Å²) in [6, 6.07) is 6.13. The molecule has 1 N–H and O–H groups in total. The zero-order valence-corrected chi connectivity index (χ0v) is 12.7. The van der Waals surface area contributed by atoms with Crippen molar-refractivity contribution in [1.82, 2.24) is 5.32 Å². The van der Waals surface area contributed by atoms with E-state index >= 15 is 0 Å². The Balaban J connectivity index is 2.03. The van der Waals surface area contributed by atoms with Crippen LogP contribution in [0.1, 0.15) is 44.2 Å². The van der Waals surface area contributed by atoms with Crippen LogP contribution in [-0.2, 0) is 22.4 Å². The van der Waals surface area contributed by atoms with E-state index in [1.807, 2.05) is 26.0 Å². The Morgan fingerprint density at radius 3 is 2.76 bits per heavy atom. The zero-order chi connectivity index (χ0) is 15.0. The molecular formula is C17H22N2O2. The second kappa shape index (κ2) is 5.17. The van der Waals surface area contributed by atoms with Crippen LogP contribution in [0.3, 0.4) is 0 Å². The minimum atomic E-state index is -0.785. The van der Waals surface area contributed by atoms with E-state index in [0.717, 1.165) is 24.9 Å². The summed E-state index contributed by atoms with van der Waals surface area (Å²) in [6.45, 7) is 3.88. The molecule has 21 heavy (non-hydrogen) atoms. The standard InChI is InChI=1S/C17H22N2O2/c1-3-17(2)16(21)19(11-15(20)18-17)14-10-6-8-12-7-4-5-9-13(12)14/h6,8,10H,3-5,7,9,11H2,1-2H3,(H,18,20). The first kappa shape index (κ1) is 14.1. The molecule has 1 saturated heterocycles. The van der Waals surface area contributed by atoms with Crippen molar-refractivity contribution in [1.29, 1.82) is 0 Å². The zero-order valence-electron chi connectivity index (χ0n) is 12.7. The van der Waals surface area contributed by atoms with Crippen LogP contribution in [-0.4, -0.2) is 23.9 Å². The third-order valence-electron chi connectivity index (χ3n) is 4.80. The molecule has 2 amide bonds. The Morgan fingerprint density at radius 2 is 2.00 bits per heavy atom. The van der Waals surface area contributed by atoms with Crippen molar-refractivity contribution in [2.24, 2.45) is 0 Å². The molecule has 4 heteroatoms. The number of amides is 2. The molecule has 1 aromatic rings. The molecule has 1 unspecified atom stereocenters. The van der Waals surface area contributed by atoms with Crippen molar-refractivity contribution >= 4 is 17.5 Å². The van der Waals surface area contributed by atoms with Gasteiger partial charge >= 0.3 is 0 Å². The summed E-state index contributed by atoms with van der Waals surface area (Å²) in [6.07, 6.45) is 5.03. The van der Waals surface area contributed by atoms with Crippen molar-refractivity contribution in [3.05, 3.63) is 29.3 Å². The molecule has 3 rings (SSSR count). The minimum Gasteiger partial charge on any atom is -0.340 e. The fraction of sp³-hybridized carbons (Fsp3) is 0.529. The number of nitrogens with one attached hydrogen (secondary N) is 1. The maximum absolute atomic E-state index is 12.8. The maximum Gasteiger partial charge on any atom is 0.252 e. The van der Waals surface area contributed by atoms with Crippen LogP contribution in [0.4, 0.5) is 5.69 Å². The highest BCUT2D eigenvalue weighted by atomic mass is 16.2. The van der Waals surface area contributed by atoms with Gasteiger partial charge in [-0.3, -0.25) is 9.59 Å². The topological polar surface area (TPSA) is 49.4 Å². The molecule has 1 aliphatic carbocycles. The second-order valence-corrected chi connectivity index (χ2v) is 6.25. The summed E-state index contributed by atoms with van der Waals surface area (Å²) in [5.41, 5.74) is 2.74. The lowest BCUT2D eigenvalue weighted by atomic mass is 9.88. The van der Waals surface area contributed by atoms with Crippen LogP contribution < -0.4 is 10.2 Å². The molecule has 112 valence electrons. The van der Waals surface area contributed by atoms with E-state index in [9.17, 15) is 9.59 Å². The average molecular weight is 286 g/mol. The highest BCUT2D eigenvalue weighted by Gasteiger charge is 2.42. The molecule has 0 saturated carbocycles. The molecule has 0 aromatic heterocycles. The van der Waals surface area contributed by atoms with Crippen LogP contribution in [0.15, 0.2) is 18.2 Å². The predicted molar refractivity (Wildman–Crippen MR) is 82.3 cm³/mol. The summed E-state index contributed by atoms with van der Waals surface area (Å²) in [4.78, 5) is 26.5. The number of hydrogen-bond acceptors (Lipinski definition) is 2.